The molecule has 9 nitrogen and oxygen atoms in total. The SMILES string of the molecule is Cc1cnccc1CNc1nc(NN)ncc1[N+](=O)[O-]. The van der Waals surface area contributed by atoms with E-state index in [0.717, 1.165) is 17.3 Å². The lowest BCUT2D eigenvalue weighted by molar-refractivity contribution is -0.384. The van der Waals surface area contributed by atoms with Crippen molar-refractivity contribution in [3.05, 3.63) is 45.9 Å². The van der Waals surface area contributed by atoms with Crippen LogP contribution in [0.25, 0.3) is 0 Å². The topological polar surface area (TPSA) is 132 Å². The molecule has 0 amide bonds. The molecule has 4 N–H and O–H groups in total. The molecule has 9 heteroatoms. The fourth-order valence-corrected chi connectivity index (χ4v) is 1.59. The molecule has 0 unspecified atom stereocenters. The summed E-state index contributed by atoms with van der Waals surface area (Å²) >= 11 is 0. The fraction of sp³-hybridized carbons (Fsp3) is 0.182. The van der Waals surface area contributed by atoms with E-state index < -0.39 is 4.92 Å². The third kappa shape index (κ3) is 2.95. The summed E-state index contributed by atoms with van der Waals surface area (Å²) in [5.41, 5.74) is 3.98. The smallest absolute Gasteiger partial charge is 0.329 e. The maximum atomic E-state index is 10.9. The maximum Gasteiger partial charge on any atom is 0.329 e. The summed E-state index contributed by atoms with van der Waals surface area (Å²) in [6, 6.07) is 1.83. The van der Waals surface area contributed by atoms with Gasteiger partial charge in [-0.25, -0.2) is 10.8 Å². The quantitative estimate of drug-likeness (QED) is 0.418. The van der Waals surface area contributed by atoms with Gasteiger partial charge in [-0.15, -0.1) is 0 Å². The molecule has 0 aliphatic heterocycles. The van der Waals surface area contributed by atoms with Crippen LogP contribution in [0.4, 0.5) is 17.5 Å². The molecule has 0 aliphatic carbocycles. The second-order valence-corrected chi connectivity index (χ2v) is 3.98. The largest absolute Gasteiger partial charge is 0.360 e. The number of hydrogen-bond acceptors (Lipinski definition) is 8. The van der Waals surface area contributed by atoms with Crippen molar-refractivity contribution in [1.29, 1.82) is 0 Å². The molecule has 0 saturated carbocycles. The highest BCUT2D eigenvalue weighted by atomic mass is 16.6. The van der Waals surface area contributed by atoms with Gasteiger partial charge in [0.05, 0.1) is 4.92 Å². The number of hydrazine groups is 1. The third-order valence-electron chi connectivity index (χ3n) is 2.68. The molecule has 0 saturated heterocycles. The normalized spacial score (nSPS) is 10.1. The summed E-state index contributed by atoms with van der Waals surface area (Å²) in [6.07, 6.45) is 4.48. The van der Waals surface area contributed by atoms with E-state index in [0.29, 0.717) is 6.54 Å². The zero-order valence-electron chi connectivity index (χ0n) is 10.7. The first-order valence-corrected chi connectivity index (χ1v) is 5.73. The molecule has 0 radical (unpaired) electrons. The van der Waals surface area contributed by atoms with Crippen LogP contribution in [-0.2, 0) is 6.54 Å². The molecule has 2 rings (SSSR count). The predicted molar refractivity (Wildman–Crippen MR) is 72.8 cm³/mol. The van der Waals surface area contributed by atoms with Crippen LogP contribution in [0.3, 0.4) is 0 Å². The van der Waals surface area contributed by atoms with Crippen molar-refractivity contribution < 1.29 is 4.92 Å². The molecule has 0 aromatic carbocycles. The van der Waals surface area contributed by atoms with E-state index in [4.69, 9.17) is 5.84 Å². The number of aryl methyl sites for hydroxylation is 1. The van der Waals surface area contributed by atoms with Gasteiger partial charge in [0.2, 0.25) is 11.8 Å². The van der Waals surface area contributed by atoms with Gasteiger partial charge in [-0.1, -0.05) is 0 Å². The van der Waals surface area contributed by atoms with E-state index in [9.17, 15) is 10.1 Å². The summed E-state index contributed by atoms with van der Waals surface area (Å²) in [5, 5.41) is 13.8. The number of aromatic nitrogens is 3. The molecular weight excluding hydrogens is 262 g/mol. The highest BCUT2D eigenvalue weighted by Gasteiger charge is 2.17. The van der Waals surface area contributed by atoms with Gasteiger partial charge in [-0.05, 0) is 24.1 Å². The first-order chi connectivity index (χ1) is 9.61. The van der Waals surface area contributed by atoms with Gasteiger partial charge >= 0.3 is 5.69 Å². The molecule has 0 bridgehead atoms. The number of pyridine rings is 1. The van der Waals surface area contributed by atoms with Crippen LogP contribution in [0.1, 0.15) is 11.1 Å². The van der Waals surface area contributed by atoms with Crippen molar-refractivity contribution in [2.75, 3.05) is 10.7 Å². The fourth-order valence-electron chi connectivity index (χ4n) is 1.59. The minimum Gasteiger partial charge on any atom is -0.360 e. The Hall–Kier alpha value is -2.81. The van der Waals surface area contributed by atoms with E-state index in [1.807, 2.05) is 13.0 Å². The average molecular weight is 275 g/mol. The van der Waals surface area contributed by atoms with Crippen LogP contribution in [0.5, 0.6) is 0 Å². The summed E-state index contributed by atoms with van der Waals surface area (Å²) in [7, 11) is 0. The number of nitro groups is 1. The molecule has 104 valence electrons. The van der Waals surface area contributed by atoms with Crippen molar-refractivity contribution in [3.63, 3.8) is 0 Å². The van der Waals surface area contributed by atoms with E-state index in [2.05, 4.69) is 25.7 Å². The summed E-state index contributed by atoms with van der Waals surface area (Å²) < 4.78 is 0. The zero-order valence-corrected chi connectivity index (χ0v) is 10.7. The second-order valence-electron chi connectivity index (χ2n) is 3.98. The van der Waals surface area contributed by atoms with Crippen molar-refractivity contribution >= 4 is 17.5 Å². The molecule has 0 spiro atoms. The Kier molecular flexibility index (Phi) is 4.01. The van der Waals surface area contributed by atoms with Gasteiger partial charge in [-0.2, -0.15) is 4.98 Å². The lowest BCUT2D eigenvalue weighted by atomic mass is 10.1. The van der Waals surface area contributed by atoms with E-state index in [-0.39, 0.29) is 17.5 Å². The minimum absolute atomic E-state index is 0.101. The lowest BCUT2D eigenvalue weighted by Gasteiger charge is -2.09. The zero-order chi connectivity index (χ0) is 14.5. The summed E-state index contributed by atoms with van der Waals surface area (Å²) in [4.78, 5) is 22.0. The van der Waals surface area contributed by atoms with Gasteiger partial charge in [0.1, 0.15) is 6.20 Å². The van der Waals surface area contributed by atoms with Crippen molar-refractivity contribution in [3.8, 4) is 0 Å². The maximum absolute atomic E-state index is 10.9. The van der Waals surface area contributed by atoms with Crippen molar-refractivity contribution in [2.24, 2.45) is 5.84 Å². The van der Waals surface area contributed by atoms with Gasteiger partial charge in [0.15, 0.2) is 0 Å². The minimum atomic E-state index is -0.554. The van der Waals surface area contributed by atoms with Crippen LogP contribution in [0.15, 0.2) is 24.7 Å². The highest BCUT2D eigenvalue weighted by Crippen LogP contribution is 2.22. The van der Waals surface area contributed by atoms with Crippen LogP contribution in [-0.4, -0.2) is 19.9 Å². The number of nitrogens with two attached hydrogens (primary N) is 1. The standard InChI is InChI=1S/C11H13N7O2/c1-7-4-13-3-2-8(7)5-14-10-9(18(19)20)6-15-11(16-10)17-12/h2-4,6H,5,12H2,1H3,(H2,14,15,16,17). The summed E-state index contributed by atoms with van der Waals surface area (Å²) in [6.45, 7) is 2.29. The number of nitrogen functional groups attached to an aromatic ring is 1. The number of anilines is 2. The molecular formula is C11H13N7O2. The Morgan fingerprint density at radius 2 is 2.25 bits per heavy atom. The Labute approximate surface area is 114 Å². The van der Waals surface area contributed by atoms with Crippen LogP contribution < -0.4 is 16.6 Å². The van der Waals surface area contributed by atoms with Gasteiger partial charge in [-0.3, -0.25) is 20.5 Å². The van der Waals surface area contributed by atoms with Crippen LogP contribution >= 0.6 is 0 Å². The molecule has 0 fully saturated rings. The summed E-state index contributed by atoms with van der Waals surface area (Å²) in [5.74, 6) is 5.40. The Bertz CT molecular complexity index is 632. The Balaban J connectivity index is 2.24. The number of nitrogens with zero attached hydrogens (tertiary/aromatic N) is 4. The average Bonchev–Trinajstić information content (AvgIpc) is 2.46. The molecule has 0 aliphatic rings. The van der Waals surface area contributed by atoms with Crippen molar-refractivity contribution in [1.82, 2.24) is 15.0 Å². The Morgan fingerprint density at radius 1 is 1.45 bits per heavy atom. The highest BCUT2D eigenvalue weighted by molar-refractivity contribution is 5.57. The molecule has 20 heavy (non-hydrogen) atoms. The van der Waals surface area contributed by atoms with Gasteiger partial charge in [0.25, 0.3) is 0 Å². The van der Waals surface area contributed by atoms with Crippen molar-refractivity contribution in [2.45, 2.75) is 13.5 Å². The van der Waals surface area contributed by atoms with E-state index in [1.165, 1.54) is 0 Å². The Morgan fingerprint density at radius 3 is 2.90 bits per heavy atom. The molecule has 2 aromatic rings. The first-order valence-electron chi connectivity index (χ1n) is 5.73. The third-order valence-corrected chi connectivity index (χ3v) is 2.68. The van der Waals surface area contributed by atoms with Gasteiger partial charge < -0.3 is 5.32 Å². The molecule has 2 aromatic heterocycles. The second kappa shape index (κ2) is 5.89. The number of hydrogen-bond donors (Lipinski definition) is 3. The molecule has 0 atom stereocenters. The van der Waals surface area contributed by atoms with Crippen LogP contribution in [0, 0.1) is 17.0 Å². The van der Waals surface area contributed by atoms with Gasteiger partial charge in [0, 0.05) is 18.9 Å². The molecule has 2 heterocycles. The number of rotatable bonds is 5. The van der Waals surface area contributed by atoms with E-state index in [1.54, 1.807) is 12.4 Å². The van der Waals surface area contributed by atoms with E-state index >= 15 is 0 Å². The number of nitrogens with one attached hydrogen (secondary N) is 2. The van der Waals surface area contributed by atoms with Crippen LogP contribution in [0.2, 0.25) is 0 Å². The first kappa shape index (κ1) is 13.6. The lowest BCUT2D eigenvalue weighted by Crippen LogP contribution is -2.13. The predicted octanol–water partition coefficient (Wildman–Crippen LogP) is 0.986. The monoisotopic (exact) mass is 275 g/mol.